The van der Waals surface area contributed by atoms with Crippen LogP contribution in [0, 0.1) is 0 Å². The van der Waals surface area contributed by atoms with Gasteiger partial charge < -0.3 is 19.5 Å². The van der Waals surface area contributed by atoms with Gasteiger partial charge in [0.15, 0.2) is 11.6 Å². The highest BCUT2D eigenvalue weighted by Crippen LogP contribution is 2.42. The Morgan fingerprint density at radius 2 is 1.77 bits per heavy atom. The number of nitrogens with zero attached hydrogens (tertiary/aromatic N) is 1. The SMILES string of the molecule is COc1ccc(Nc2ncc(-c3ccccc3OC)c3c2OCC3)cc1. The molecule has 5 heteroatoms. The second-order valence-electron chi connectivity index (χ2n) is 5.98. The average molecular weight is 348 g/mol. The highest BCUT2D eigenvalue weighted by molar-refractivity contribution is 5.79. The number of pyridine rings is 1. The summed E-state index contributed by atoms with van der Waals surface area (Å²) in [5, 5.41) is 3.34. The summed E-state index contributed by atoms with van der Waals surface area (Å²) in [6.07, 6.45) is 2.74. The van der Waals surface area contributed by atoms with Crippen LogP contribution in [-0.4, -0.2) is 25.8 Å². The summed E-state index contributed by atoms with van der Waals surface area (Å²) in [5.74, 6) is 3.18. The number of ether oxygens (including phenoxy) is 3. The molecule has 0 aliphatic carbocycles. The molecule has 2 aromatic carbocycles. The van der Waals surface area contributed by atoms with Crippen molar-refractivity contribution in [2.75, 3.05) is 26.1 Å². The van der Waals surface area contributed by atoms with Gasteiger partial charge in [-0.3, -0.25) is 0 Å². The topological polar surface area (TPSA) is 52.6 Å². The first-order valence-electron chi connectivity index (χ1n) is 8.49. The summed E-state index contributed by atoms with van der Waals surface area (Å²) >= 11 is 0. The van der Waals surface area contributed by atoms with E-state index in [0.29, 0.717) is 6.61 Å². The third-order valence-electron chi connectivity index (χ3n) is 4.49. The van der Waals surface area contributed by atoms with E-state index in [1.807, 2.05) is 54.7 Å². The van der Waals surface area contributed by atoms with Crippen molar-refractivity contribution in [2.24, 2.45) is 0 Å². The highest BCUT2D eigenvalue weighted by atomic mass is 16.5. The number of benzene rings is 2. The van der Waals surface area contributed by atoms with Crippen LogP contribution >= 0.6 is 0 Å². The number of methoxy groups -OCH3 is 2. The molecule has 5 nitrogen and oxygen atoms in total. The molecule has 2 heterocycles. The zero-order valence-electron chi connectivity index (χ0n) is 14.8. The molecule has 0 unspecified atom stereocenters. The van der Waals surface area contributed by atoms with E-state index in [1.54, 1.807) is 14.2 Å². The van der Waals surface area contributed by atoms with Crippen LogP contribution < -0.4 is 19.5 Å². The van der Waals surface area contributed by atoms with Crippen molar-refractivity contribution in [1.82, 2.24) is 4.98 Å². The summed E-state index contributed by atoms with van der Waals surface area (Å²) < 4.78 is 16.6. The molecule has 132 valence electrons. The second kappa shape index (κ2) is 6.96. The molecular formula is C21H20N2O3. The number of para-hydroxylation sites is 1. The van der Waals surface area contributed by atoms with Gasteiger partial charge in [-0.25, -0.2) is 4.98 Å². The lowest BCUT2D eigenvalue weighted by Gasteiger charge is -2.14. The van der Waals surface area contributed by atoms with Crippen molar-refractivity contribution < 1.29 is 14.2 Å². The number of hydrogen-bond donors (Lipinski definition) is 1. The molecular weight excluding hydrogens is 328 g/mol. The molecule has 3 aromatic rings. The second-order valence-corrected chi connectivity index (χ2v) is 5.98. The van der Waals surface area contributed by atoms with Gasteiger partial charge in [0.05, 0.1) is 20.8 Å². The van der Waals surface area contributed by atoms with Gasteiger partial charge in [0, 0.05) is 35.0 Å². The van der Waals surface area contributed by atoms with E-state index >= 15 is 0 Å². The average Bonchev–Trinajstić information content (AvgIpc) is 3.19. The maximum atomic E-state index is 5.89. The van der Waals surface area contributed by atoms with E-state index < -0.39 is 0 Å². The summed E-state index contributed by atoms with van der Waals surface area (Å²) in [6, 6.07) is 15.7. The van der Waals surface area contributed by atoms with Gasteiger partial charge in [-0.2, -0.15) is 0 Å². The van der Waals surface area contributed by atoms with Crippen molar-refractivity contribution in [1.29, 1.82) is 0 Å². The molecule has 0 amide bonds. The van der Waals surface area contributed by atoms with Gasteiger partial charge in [0.1, 0.15) is 11.5 Å². The summed E-state index contributed by atoms with van der Waals surface area (Å²) in [7, 11) is 3.34. The molecule has 0 radical (unpaired) electrons. The van der Waals surface area contributed by atoms with Crippen molar-refractivity contribution in [3.8, 4) is 28.4 Å². The fourth-order valence-corrected chi connectivity index (χ4v) is 3.19. The molecule has 1 aliphatic rings. The molecule has 0 spiro atoms. The zero-order chi connectivity index (χ0) is 17.9. The number of aromatic nitrogens is 1. The van der Waals surface area contributed by atoms with Crippen LogP contribution in [0.15, 0.2) is 54.7 Å². The van der Waals surface area contributed by atoms with E-state index in [-0.39, 0.29) is 0 Å². The largest absolute Gasteiger partial charge is 0.497 e. The Kier molecular flexibility index (Phi) is 4.35. The van der Waals surface area contributed by atoms with Gasteiger partial charge in [0.25, 0.3) is 0 Å². The summed E-state index contributed by atoms with van der Waals surface area (Å²) in [4.78, 5) is 4.62. The quantitative estimate of drug-likeness (QED) is 0.738. The minimum Gasteiger partial charge on any atom is -0.497 e. The van der Waals surface area contributed by atoms with Gasteiger partial charge in [-0.05, 0) is 30.3 Å². The van der Waals surface area contributed by atoms with Crippen LogP contribution in [0.5, 0.6) is 17.2 Å². The Hall–Kier alpha value is -3.21. The van der Waals surface area contributed by atoms with Crippen molar-refractivity contribution in [2.45, 2.75) is 6.42 Å². The highest BCUT2D eigenvalue weighted by Gasteiger charge is 2.23. The van der Waals surface area contributed by atoms with E-state index in [1.165, 1.54) is 0 Å². The minimum absolute atomic E-state index is 0.653. The lowest BCUT2D eigenvalue weighted by Crippen LogP contribution is -1.99. The first-order valence-corrected chi connectivity index (χ1v) is 8.49. The zero-order valence-corrected chi connectivity index (χ0v) is 14.8. The van der Waals surface area contributed by atoms with Gasteiger partial charge in [-0.1, -0.05) is 18.2 Å². The van der Waals surface area contributed by atoms with E-state index in [9.17, 15) is 0 Å². The Morgan fingerprint density at radius 3 is 2.54 bits per heavy atom. The molecule has 4 rings (SSSR count). The van der Waals surface area contributed by atoms with E-state index in [4.69, 9.17) is 14.2 Å². The predicted molar refractivity (Wildman–Crippen MR) is 102 cm³/mol. The fourth-order valence-electron chi connectivity index (χ4n) is 3.19. The molecule has 1 N–H and O–H groups in total. The normalized spacial score (nSPS) is 12.2. The van der Waals surface area contributed by atoms with E-state index in [2.05, 4.69) is 10.3 Å². The van der Waals surface area contributed by atoms with Crippen molar-refractivity contribution in [3.05, 3.63) is 60.3 Å². The molecule has 0 atom stereocenters. The Balaban J connectivity index is 1.72. The molecule has 0 saturated heterocycles. The molecule has 26 heavy (non-hydrogen) atoms. The van der Waals surface area contributed by atoms with Crippen LogP contribution in [-0.2, 0) is 6.42 Å². The van der Waals surface area contributed by atoms with Crippen LogP contribution in [0.4, 0.5) is 11.5 Å². The monoisotopic (exact) mass is 348 g/mol. The Labute approximate surface area is 152 Å². The standard InChI is InChI=1S/C21H20N2O3/c1-24-15-9-7-14(8-10-15)23-21-20-17(11-12-26-20)18(13-22-21)16-5-3-4-6-19(16)25-2/h3-10,13H,11-12H2,1-2H3,(H,22,23). The first kappa shape index (κ1) is 16.3. The molecule has 1 aromatic heterocycles. The summed E-state index contributed by atoms with van der Waals surface area (Å²) in [5.41, 5.74) is 4.16. The minimum atomic E-state index is 0.653. The fraction of sp³-hybridized carbons (Fsp3) is 0.190. The van der Waals surface area contributed by atoms with E-state index in [0.717, 1.165) is 51.9 Å². The Bertz CT molecular complexity index is 923. The van der Waals surface area contributed by atoms with Crippen LogP contribution in [0.2, 0.25) is 0 Å². The van der Waals surface area contributed by atoms with Crippen LogP contribution in [0.3, 0.4) is 0 Å². The smallest absolute Gasteiger partial charge is 0.173 e. The summed E-state index contributed by atoms with van der Waals surface area (Å²) in [6.45, 7) is 0.653. The molecule has 1 aliphatic heterocycles. The van der Waals surface area contributed by atoms with Gasteiger partial charge in [-0.15, -0.1) is 0 Å². The van der Waals surface area contributed by atoms with Crippen molar-refractivity contribution >= 4 is 11.5 Å². The third kappa shape index (κ3) is 2.92. The van der Waals surface area contributed by atoms with Crippen molar-refractivity contribution in [3.63, 3.8) is 0 Å². The van der Waals surface area contributed by atoms with Gasteiger partial charge in [0.2, 0.25) is 0 Å². The number of fused-ring (bicyclic) bond motifs is 1. The maximum Gasteiger partial charge on any atom is 0.173 e. The predicted octanol–water partition coefficient (Wildman–Crippen LogP) is 4.44. The van der Waals surface area contributed by atoms with Crippen LogP contribution in [0.25, 0.3) is 11.1 Å². The molecule has 0 fully saturated rings. The molecule has 0 saturated carbocycles. The van der Waals surface area contributed by atoms with Crippen LogP contribution in [0.1, 0.15) is 5.56 Å². The lowest BCUT2D eigenvalue weighted by atomic mass is 9.99. The first-order chi connectivity index (χ1) is 12.8. The van der Waals surface area contributed by atoms with Gasteiger partial charge >= 0.3 is 0 Å². The maximum absolute atomic E-state index is 5.89. The lowest BCUT2D eigenvalue weighted by molar-refractivity contribution is 0.357. The molecule has 0 bridgehead atoms. The Morgan fingerprint density at radius 1 is 0.962 bits per heavy atom. The number of anilines is 2. The number of hydrogen-bond acceptors (Lipinski definition) is 5. The number of nitrogens with one attached hydrogen (secondary N) is 1. The number of rotatable bonds is 5. The third-order valence-corrected chi connectivity index (χ3v) is 4.49.